The van der Waals surface area contributed by atoms with Crippen LogP contribution in [0.1, 0.15) is 131 Å². The zero-order valence-electron chi connectivity index (χ0n) is 48.9. The fourth-order valence-electron chi connectivity index (χ4n) is 7.53. The minimum absolute atomic E-state index is 0. The van der Waals surface area contributed by atoms with Gasteiger partial charge in [0.05, 0.1) is 44.1 Å². The summed E-state index contributed by atoms with van der Waals surface area (Å²) >= 11 is 5.55. The summed E-state index contributed by atoms with van der Waals surface area (Å²) in [6.45, 7) is 5.22. The van der Waals surface area contributed by atoms with Crippen LogP contribution in [0.15, 0.2) is 122 Å². The Bertz CT molecular complexity index is 1750. The van der Waals surface area contributed by atoms with E-state index in [1.807, 2.05) is 0 Å². The van der Waals surface area contributed by atoms with Gasteiger partial charge in [-0.25, -0.2) is 0 Å². The van der Waals surface area contributed by atoms with E-state index in [0.29, 0.717) is 38.2 Å². The van der Waals surface area contributed by atoms with Crippen LogP contribution in [0.4, 0.5) is 0 Å². The van der Waals surface area contributed by atoms with E-state index in [0.717, 1.165) is 89.9 Å². The van der Waals surface area contributed by atoms with Crippen molar-refractivity contribution in [3.05, 3.63) is 122 Å². The largest absolute Gasteiger partial charge is 1.00 e. The number of aliphatic carboxylic acids is 1. The zero-order chi connectivity index (χ0) is 57.6. The van der Waals surface area contributed by atoms with E-state index in [-0.39, 0.29) is 156 Å². The third-order valence-electron chi connectivity index (χ3n) is 11.7. The van der Waals surface area contributed by atoms with Crippen molar-refractivity contribution in [3.8, 4) is 0 Å². The quantitative estimate of drug-likeness (QED) is 0.00605. The van der Waals surface area contributed by atoms with Gasteiger partial charge in [0.2, 0.25) is 0 Å². The number of β-amino-alcohol motifs (C(OH)–C–C–N with tert-alkyl or cyclic N) is 2. The molecule has 0 aromatic rings. The Hall–Kier alpha value is -1.07. The van der Waals surface area contributed by atoms with Gasteiger partial charge < -0.3 is 62.3 Å². The second kappa shape index (κ2) is 63.0. The molecule has 2 aliphatic rings. The van der Waals surface area contributed by atoms with Gasteiger partial charge in [-0.15, -0.1) is 11.6 Å². The van der Waals surface area contributed by atoms with Crippen LogP contribution in [0.2, 0.25) is 0 Å². The maximum absolute atomic E-state index is 11.9. The van der Waals surface area contributed by atoms with Crippen molar-refractivity contribution < 1.29 is 179 Å². The fourth-order valence-corrected chi connectivity index (χ4v) is 7.65. The van der Waals surface area contributed by atoms with E-state index >= 15 is 0 Å². The van der Waals surface area contributed by atoms with E-state index in [1.165, 1.54) is 0 Å². The van der Waals surface area contributed by atoms with Crippen molar-refractivity contribution in [3.63, 3.8) is 0 Å². The normalized spacial score (nSPS) is 21.9. The number of hydrogen-bond acceptors (Lipinski definition) is 16. The summed E-state index contributed by atoms with van der Waals surface area (Å²) in [6.07, 6.45) is 51.2. The van der Waals surface area contributed by atoms with Gasteiger partial charge in [0.15, 0.2) is 0 Å². The number of aliphatic hydroxyl groups excluding tert-OH is 8. The number of esters is 1. The Morgan fingerprint density at radius 1 is 0.532 bits per heavy atom. The molecule has 0 aromatic heterocycles. The molecule has 2 rings (SSSR count). The van der Waals surface area contributed by atoms with Crippen LogP contribution in [0.5, 0.6) is 0 Å². The molecule has 0 saturated carbocycles. The molecule has 17 nitrogen and oxygen atoms in total. The van der Waals surface area contributed by atoms with Gasteiger partial charge >= 0.3 is 115 Å². The number of halogens is 1. The average Bonchev–Trinajstić information content (AvgIpc) is 3.42. The number of ether oxygens (including phenoxy) is 1. The van der Waals surface area contributed by atoms with Crippen molar-refractivity contribution in [1.82, 2.24) is 9.80 Å². The van der Waals surface area contributed by atoms with Gasteiger partial charge in [-0.1, -0.05) is 135 Å². The predicted octanol–water partition coefficient (Wildman–Crippen LogP) is 0.523. The van der Waals surface area contributed by atoms with Crippen LogP contribution in [0.25, 0.3) is 0 Å². The number of carboxylic acid groups (broad SMARTS) is 1. The number of allylic oxidation sites excluding steroid dienone is 20. The number of nitrogens with zero attached hydrogens (tertiary/aromatic N) is 2. The van der Waals surface area contributed by atoms with Crippen LogP contribution < -0.4 is 108 Å². The van der Waals surface area contributed by atoms with Gasteiger partial charge in [-0.3, -0.25) is 24.2 Å². The van der Waals surface area contributed by atoms with Crippen molar-refractivity contribution >= 4 is 30.0 Å². The molecule has 2 aliphatic heterocycles. The number of carbonyl (C=O) groups is 3. The number of aliphatic hydroxyl groups is 8. The van der Waals surface area contributed by atoms with E-state index < -0.39 is 54.7 Å². The van der Waals surface area contributed by atoms with Crippen LogP contribution >= 0.6 is 11.6 Å². The van der Waals surface area contributed by atoms with Crippen LogP contribution in [-0.2, 0) is 24.0 Å². The van der Waals surface area contributed by atoms with Crippen molar-refractivity contribution in [1.29, 1.82) is 0 Å². The van der Waals surface area contributed by atoms with E-state index in [9.17, 15) is 45.3 Å². The maximum atomic E-state index is 11.9. The SMILES string of the molecule is CC/C=C\C/C=C\C/C=C\C/C=C\C/C=C\CCCC(=O)O.CC/C=C\C/C=C\C/C=C\C/C=C\C/C=C\CCCC(=O)OCCCN1C[C@H](O)[C@@H](O)[C@H](O)[C@H]1CO.O=CO[O-].OC[C@@H]1[C@@H](O)[C@H](O)[C@@H](O)CN1CCCCl.[H-].[K+].[K+]. The smallest absolute Gasteiger partial charge is 1.00 e. The van der Waals surface area contributed by atoms with Gasteiger partial charge in [-0.05, 0) is 109 Å². The summed E-state index contributed by atoms with van der Waals surface area (Å²) in [6, 6.07) is -1.16. The molecule has 0 aliphatic carbocycles. The summed E-state index contributed by atoms with van der Waals surface area (Å²) in [5.41, 5.74) is 0. The Labute approximate surface area is 564 Å². The molecule has 0 spiro atoms. The summed E-state index contributed by atoms with van der Waals surface area (Å²) in [5.74, 6) is -0.466. The first kappa shape index (κ1) is 84.4. The third kappa shape index (κ3) is 50.0. The summed E-state index contributed by atoms with van der Waals surface area (Å²) < 4.78 is 5.25. The monoisotopic (exact) mass is 1190 g/mol. The van der Waals surface area contributed by atoms with Gasteiger partial charge in [0.25, 0.3) is 6.47 Å². The minimum atomic E-state index is -1.26. The molecule has 2 fully saturated rings. The molecule has 0 bridgehead atoms. The first-order valence-corrected chi connectivity index (χ1v) is 27.8. The molecule has 20 heteroatoms. The molecule has 0 aromatic carbocycles. The Kier molecular flexibility index (Phi) is 67.3. The van der Waals surface area contributed by atoms with E-state index in [4.69, 9.17) is 36.6 Å². The number of piperidine rings is 2. The molecule has 79 heavy (non-hydrogen) atoms. The third-order valence-corrected chi connectivity index (χ3v) is 12.0. The zero-order valence-corrected chi connectivity index (χ0v) is 54.9. The molecule has 0 unspecified atom stereocenters. The van der Waals surface area contributed by atoms with Crippen LogP contribution in [0.3, 0.4) is 0 Å². The van der Waals surface area contributed by atoms with Crippen molar-refractivity contribution in [2.45, 2.75) is 178 Å². The Morgan fingerprint density at radius 3 is 1.15 bits per heavy atom. The number of rotatable bonds is 36. The minimum Gasteiger partial charge on any atom is -1.00 e. The van der Waals surface area contributed by atoms with Gasteiger partial charge in [0.1, 0.15) is 24.4 Å². The summed E-state index contributed by atoms with van der Waals surface area (Å²) in [5, 5.41) is 93.5. The second-order valence-corrected chi connectivity index (χ2v) is 18.4. The molecule has 8 atom stereocenters. The predicted molar refractivity (Wildman–Crippen MR) is 304 cm³/mol. The first-order chi connectivity index (χ1) is 37.3. The van der Waals surface area contributed by atoms with Crippen molar-refractivity contribution in [2.24, 2.45) is 0 Å². The van der Waals surface area contributed by atoms with Crippen molar-refractivity contribution in [2.75, 3.05) is 51.9 Å². The topological polar surface area (TPSA) is 281 Å². The van der Waals surface area contributed by atoms with Gasteiger partial charge in [0, 0.05) is 38.4 Å². The molecule has 0 amide bonds. The number of likely N-dealkylation sites (tertiary alicyclic amines) is 2. The van der Waals surface area contributed by atoms with E-state index in [1.54, 1.807) is 9.80 Å². The number of hydrogen-bond donors (Lipinski definition) is 9. The molecule has 2 heterocycles. The molecular formula is C59H97ClK2N2O15. The Balaban J connectivity index is -0.000000363. The number of carbonyl (C=O) groups excluding carboxylic acids is 2. The number of alkyl halides is 1. The van der Waals surface area contributed by atoms with Crippen LogP contribution in [-0.4, -0.2) is 175 Å². The van der Waals surface area contributed by atoms with E-state index in [2.05, 4.69) is 140 Å². The molecule has 0 radical (unpaired) electrons. The molecule has 2 saturated heterocycles. The second-order valence-electron chi connectivity index (χ2n) is 18.0. The molecule has 9 N–H and O–H groups in total. The molecule has 442 valence electrons. The Morgan fingerprint density at radius 2 is 0.848 bits per heavy atom. The standard InChI is InChI=1S/C29H47NO6.C20H30O2.C9H18ClNO4.CH2O3.2K.H/c1-2-3-4-5-6-7-8-9-10-11-12-13-14-15-16-17-18-20-27(33)36-22-19-21-30-23-26(32)29(35)28(34)25(30)24-31;1-2-3-4-5-6-7-8-9-10-11-12-13-14-15-16-17-18-19-20(21)22;10-2-1-3-11-4-7(13)9(15)8(14)6(11)5-12;2-1-4-3;;;/h3-4,6-7,9-10,12-13,15-16,25-26,28-29,31-32,34-35H,2,5,8,11,14,17-24H2,1H3;3-4,6-7,9-10,12-13,15-16H,2,5,8,11,14,17-19H2,1H3,(H,21,22);6-9,12-15H,1-5H2;1,3H;;;/q;;;;2*+1;-1/p-1/b2*4-3-,7-6-,10-9-,13-12-,16-15-;;;;;/t25-,26+,28-,29-;;6-,7+,8-,9-;;;;/m1.1..../s1. The average molecular weight is 1190 g/mol. The fraction of sp³-hybridized carbons (Fsp3) is 0.610. The summed E-state index contributed by atoms with van der Waals surface area (Å²) in [7, 11) is 0. The maximum Gasteiger partial charge on any atom is 1.00 e. The number of unbranched alkanes of at least 4 members (excludes halogenated alkanes) is 2. The summed E-state index contributed by atoms with van der Waals surface area (Å²) in [4.78, 5) is 36.9. The number of carboxylic acids is 1. The first-order valence-electron chi connectivity index (χ1n) is 27.2. The van der Waals surface area contributed by atoms with Gasteiger partial charge in [-0.2, -0.15) is 0 Å². The molecular weight excluding hydrogens is 1090 g/mol. The van der Waals surface area contributed by atoms with Crippen LogP contribution in [0, 0.1) is 0 Å².